The third-order valence-corrected chi connectivity index (χ3v) is 7.17. The maximum atomic E-state index is 13.6. The van der Waals surface area contributed by atoms with Gasteiger partial charge in [-0.3, -0.25) is 9.36 Å². The van der Waals surface area contributed by atoms with E-state index in [0.29, 0.717) is 0 Å². The van der Waals surface area contributed by atoms with Crippen molar-refractivity contribution in [2.75, 3.05) is 40.0 Å². The molecule has 2 aromatic heterocycles. The standard InChI is InChI=1S/C21H26N4OS2/c1-23(2)11-7-13-27-21-22-19-18(16-10-12-24(3)14-17(16)28-19)20(26)25(21)15-8-5-4-6-9-15/h4-6,8-9H,7,10-14H2,1-3H3. The minimum absolute atomic E-state index is 0.0772. The molecule has 3 aromatic rings. The molecule has 0 aliphatic carbocycles. The summed E-state index contributed by atoms with van der Waals surface area (Å²) < 4.78 is 1.81. The highest BCUT2D eigenvalue weighted by atomic mass is 32.2. The van der Waals surface area contributed by atoms with Gasteiger partial charge in [-0.1, -0.05) is 30.0 Å². The first-order valence-electron chi connectivity index (χ1n) is 9.63. The van der Waals surface area contributed by atoms with Crippen LogP contribution in [0.25, 0.3) is 15.9 Å². The van der Waals surface area contributed by atoms with Crippen LogP contribution >= 0.6 is 23.1 Å². The summed E-state index contributed by atoms with van der Waals surface area (Å²) >= 11 is 3.37. The van der Waals surface area contributed by atoms with Crippen LogP contribution < -0.4 is 5.56 Å². The summed E-state index contributed by atoms with van der Waals surface area (Å²) in [6.45, 7) is 2.93. The number of aromatic nitrogens is 2. The van der Waals surface area contributed by atoms with Gasteiger partial charge in [0.25, 0.3) is 5.56 Å². The zero-order valence-corrected chi connectivity index (χ0v) is 18.3. The first kappa shape index (κ1) is 19.6. The van der Waals surface area contributed by atoms with E-state index in [4.69, 9.17) is 4.98 Å². The number of hydrogen-bond donors (Lipinski definition) is 0. The van der Waals surface area contributed by atoms with Gasteiger partial charge < -0.3 is 9.80 Å². The van der Waals surface area contributed by atoms with Gasteiger partial charge in [0.15, 0.2) is 5.16 Å². The Morgan fingerprint density at radius 1 is 1.25 bits per heavy atom. The van der Waals surface area contributed by atoms with Crippen LogP contribution in [0.15, 0.2) is 40.3 Å². The summed E-state index contributed by atoms with van der Waals surface area (Å²) in [6.07, 6.45) is 1.99. The lowest BCUT2D eigenvalue weighted by molar-refractivity contribution is 0.318. The van der Waals surface area contributed by atoms with Crippen LogP contribution in [0, 0.1) is 0 Å². The van der Waals surface area contributed by atoms with Crippen LogP contribution in [-0.2, 0) is 13.0 Å². The van der Waals surface area contributed by atoms with Gasteiger partial charge in [-0.05, 0) is 58.2 Å². The predicted octanol–water partition coefficient (Wildman–Crippen LogP) is 3.48. The lowest BCUT2D eigenvalue weighted by atomic mass is 10.1. The second-order valence-corrected chi connectivity index (χ2v) is 9.69. The highest BCUT2D eigenvalue weighted by Gasteiger charge is 2.24. The number of rotatable bonds is 6. The summed E-state index contributed by atoms with van der Waals surface area (Å²) in [6, 6.07) is 9.92. The minimum Gasteiger partial charge on any atom is -0.309 e. The number of thioether (sulfide) groups is 1. The lowest BCUT2D eigenvalue weighted by Crippen LogP contribution is -2.27. The van der Waals surface area contributed by atoms with Crippen molar-refractivity contribution in [3.63, 3.8) is 0 Å². The third kappa shape index (κ3) is 3.89. The number of para-hydroxylation sites is 1. The highest BCUT2D eigenvalue weighted by Crippen LogP contribution is 2.34. The van der Waals surface area contributed by atoms with E-state index in [9.17, 15) is 4.79 Å². The Morgan fingerprint density at radius 2 is 2.04 bits per heavy atom. The van der Waals surface area contributed by atoms with E-state index in [1.165, 1.54) is 10.4 Å². The van der Waals surface area contributed by atoms with Gasteiger partial charge in [0.2, 0.25) is 0 Å². The van der Waals surface area contributed by atoms with Gasteiger partial charge in [-0.2, -0.15) is 0 Å². The first-order valence-corrected chi connectivity index (χ1v) is 11.4. The molecule has 0 atom stereocenters. The fourth-order valence-corrected chi connectivity index (χ4v) is 5.87. The van der Waals surface area contributed by atoms with Gasteiger partial charge in [0.1, 0.15) is 4.83 Å². The van der Waals surface area contributed by atoms with Crippen molar-refractivity contribution in [2.45, 2.75) is 24.5 Å². The fraction of sp³-hybridized carbons (Fsp3) is 0.429. The van der Waals surface area contributed by atoms with E-state index >= 15 is 0 Å². The Kier molecular flexibility index (Phi) is 5.87. The van der Waals surface area contributed by atoms with Crippen LogP contribution in [0.3, 0.4) is 0 Å². The summed E-state index contributed by atoms with van der Waals surface area (Å²) in [5.74, 6) is 0.941. The van der Waals surface area contributed by atoms with E-state index in [1.807, 2.05) is 34.9 Å². The first-order chi connectivity index (χ1) is 13.5. The van der Waals surface area contributed by atoms with E-state index < -0.39 is 0 Å². The molecule has 0 saturated carbocycles. The Balaban J connectivity index is 1.81. The lowest BCUT2D eigenvalue weighted by Gasteiger charge is -2.21. The minimum atomic E-state index is 0.0772. The van der Waals surface area contributed by atoms with Crippen molar-refractivity contribution in [2.24, 2.45) is 0 Å². The Labute approximate surface area is 174 Å². The molecule has 5 nitrogen and oxygen atoms in total. The molecule has 1 aliphatic heterocycles. The normalized spacial score (nSPS) is 14.7. The van der Waals surface area contributed by atoms with Crippen molar-refractivity contribution in [3.05, 3.63) is 51.1 Å². The van der Waals surface area contributed by atoms with Crippen LogP contribution in [-0.4, -0.2) is 59.3 Å². The van der Waals surface area contributed by atoms with E-state index in [-0.39, 0.29) is 5.56 Å². The number of thiophene rings is 1. The molecular formula is C21H26N4OS2. The molecule has 0 N–H and O–H groups in total. The van der Waals surface area contributed by atoms with Crippen LogP contribution in [0.5, 0.6) is 0 Å². The van der Waals surface area contributed by atoms with Gasteiger partial charge in [-0.25, -0.2) is 4.98 Å². The average Bonchev–Trinajstić information content (AvgIpc) is 3.03. The van der Waals surface area contributed by atoms with Gasteiger partial charge in [0.05, 0.1) is 11.1 Å². The molecule has 0 fully saturated rings. The Hall–Kier alpha value is -1.67. The van der Waals surface area contributed by atoms with Gasteiger partial charge >= 0.3 is 0 Å². The van der Waals surface area contributed by atoms with E-state index in [0.717, 1.165) is 59.3 Å². The molecule has 0 unspecified atom stereocenters. The second kappa shape index (κ2) is 8.37. The molecule has 28 heavy (non-hydrogen) atoms. The Bertz CT molecular complexity index is 1030. The number of fused-ring (bicyclic) bond motifs is 3. The van der Waals surface area contributed by atoms with Crippen molar-refractivity contribution in [1.29, 1.82) is 0 Å². The van der Waals surface area contributed by atoms with Crippen LogP contribution in [0.4, 0.5) is 0 Å². The van der Waals surface area contributed by atoms with E-state index in [2.05, 4.69) is 30.9 Å². The smallest absolute Gasteiger partial charge is 0.267 e. The summed E-state index contributed by atoms with van der Waals surface area (Å²) in [4.78, 5) is 25.3. The fourth-order valence-electron chi connectivity index (χ4n) is 3.60. The van der Waals surface area contributed by atoms with Gasteiger partial charge in [-0.15, -0.1) is 11.3 Å². The Morgan fingerprint density at radius 3 is 2.79 bits per heavy atom. The van der Waals surface area contributed by atoms with E-state index in [1.54, 1.807) is 23.1 Å². The summed E-state index contributed by atoms with van der Waals surface area (Å²) in [5, 5.41) is 1.63. The van der Waals surface area contributed by atoms with Gasteiger partial charge in [0, 0.05) is 23.7 Å². The molecule has 148 valence electrons. The zero-order valence-electron chi connectivity index (χ0n) is 16.6. The molecule has 7 heteroatoms. The number of benzene rings is 1. The molecule has 1 aliphatic rings. The molecule has 4 rings (SSSR count). The monoisotopic (exact) mass is 414 g/mol. The maximum absolute atomic E-state index is 13.6. The molecule has 0 amide bonds. The maximum Gasteiger partial charge on any atom is 0.267 e. The molecular weight excluding hydrogens is 388 g/mol. The molecule has 0 bridgehead atoms. The van der Waals surface area contributed by atoms with Crippen molar-refractivity contribution >= 4 is 33.3 Å². The highest BCUT2D eigenvalue weighted by molar-refractivity contribution is 7.99. The molecule has 1 aromatic carbocycles. The predicted molar refractivity (Wildman–Crippen MR) is 119 cm³/mol. The van der Waals surface area contributed by atoms with Crippen molar-refractivity contribution in [3.8, 4) is 5.69 Å². The number of nitrogens with zero attached hydrogens (tertiary/aromatic N) is 4. The molecule has 3 heterocycles. The van der Waals surface area contributed by atoms with Crippen molar-refractivity contribution < 1.29 is 0 Å². The number of hydrogen-bond acceptors (Lipinski definition) is 6. The van der Waals surface area contributed by atoms with Crippen LogP contribution in [0.1, 0.15) is 16.9 Å². The van der Waals surface area contributed by atoms with Crippen molar-refractivity contribution in [1.82, 2.24) is 19.4 Å². The zero-order chi connectivity index (χ0) is 19.7. The average molecular weight is 415 g/mol. The topological polar surface area (TPSA) is 41.4 Å². The third-order valence-electron chi connectivity index (χ3n) is 5.03. The summed E-state index contributed by atoms with van der Waals surface area (Å²) in [7, 11) is 6.30. The largest absolute Gasteiger partial charge is 0.309 e. The molecule has 0 saturated heterocycles. The number of likely N-dealkylation sites (N-methyl/N-ethyl adjacent to an activating group) is 1. The molecule has 0 spiro atoms. The quantitative estimate of drug-likeness (QED) is 0.351. The SMILES string of the molecule is CN(C)CCCSc1nc2sc3c(c2c(=O)n1-c1ccccc1)CCN(C)C3. The molecule has 0 radical (unpaired) electrons. The summed E-state index contributed by atoms with van der Waals surface area (Å²) in [5.41, 5.74) is 2.18. The van der Waals surface area contributed by atoms with Crippen LogP contribution in [0.2, 0.25) is 0 Å². The second-order valence-electron chi connectivity index (χ2n) is 7.55.